The molecule has 0 aliphatic rings. The first-order valence-electron chi connectivity index (χ1n) is 4.88. The first kappa shape index (κ1) is 11.4. The van der Waals surface area contributed by atoms with E-state index in [4.69, 9.17) is 16.3 Å². The summed E-state index contributed by atoms with van der Waals surface area (Å²) in [7, 11) is 0. The molecule has 1 unspecified atom stereocenters. The largest absolute Gasteiger partial charge is 0.493 e. The minimum absolute atomic E-state index is 0.230. The second-order valence-corrected chi connectivity index (χ2v) is 4.12. The second kappa shape index (κ2) is 5.92. The fourth-order valence-electron chi connectivity index (χ4n) is 1.19. The lowest BCUT2D eigenvalue weighted by molar-refractivity contribution is 0.305. The van der Waals surface area contributed by atoms with Crippen molar-refractivity contribution in [2.45, 2.75) is 25.1 Å². The third-order valence-corrected chi connectivity index (χ3v) is 2.19. The predicted molar refractivity (Wildman–Crippen MR) is 60.9 cm³/mol. The van der Waals surface area contributed by atoms with Crippen LogP contribution in [0.15, 0.2) is 24.3 Å². The Balaban J connectivity index is 2.28. The fourth-order valence-corrected chi connectivity index (χ4v) is 1.35. The van der Waals surface area contributed by atoms with Crippen molar-refractivity contribution in [3.8, 4) is 5.75 Å². The summed E-state index contributed by atoms with van der Waals surface area (Å²) in [6.45, 7) is 6.59. The number of alkyl halides is 1. The summed E-state index contributed by atoms with van der Waals surface area (Å²) in [6.07, 6.45) is 1.97. The normalized spacial score (nSPS) is 12.5. The molecule has 0 aliphatic heterocycles. The predicted octanol–water partition coefficient (Wildman–Crippen LogP) is 3.66. The van der Waals surface area contributed by atoms with Gasteiger partial charge in [0.2, 0.25) is 0 Å². The van der Waals surface area contributed by atoms with Gasteiger partial charge in [-0.3, -0.25) is 0 Å². The third-order valence-electron chi connectivity index (χ3n) is 1.98. The number of para-hydroxylation sites is 1. The van der Waals surface area contributed by atoms with Gasteiger partial charge >= 0.3 is 0 Å². The van der Waals surface area contributed by atoms with Crippen molar-refractivity contribution >= 4 is 11.6 Å². The molecule has 0 N–H and O–H groups in total. The van der Waals surface area contributed by atoms with E-state index in [9.17, 15) is 0 Å². The molecule has 14 heavy (non-hydrogen) atoms. The highest BCUT2D eigenvalue weighted by atomic mass is 35.5. The summed E-state index contributed by atoms with van der Waals surface area (Å²) >= 11 is 5.82. The Hall–Kier alpha value is -0.690. The molecule has 0 spiro atoms. The zero-order valence-electron chi connectivity index (χ0n) is 8.50. The van der Waals surface area contributed by atoms with E-state index in [0.29, 0.717) is 6.61 Å². The molecular formula is C12H16ClO. The lowest BCUT2D eigenvalue weighted by Gasteiger charge is -2.08. The number of hydrogen-bond donors (Lipinski definition) is 0. The maximum atomic E-state index is 5.82. The Morgan fingerprint density at radius 1 is 1.43 bits per heavy atom. The van der Waals surface area contributed by atoms with Crippen LogP contribution in [-0.4, -0.2) is 12.0 Å². The molecule has 77 valence electrons. The van der Waals surface area contributed by atoms with Crippen LogP contribution < -0.4 is 4.74 Å². The molecule has 0 saturated carbocycles. The fraction of sp³-hybridized carbons (Fsp3) is 0.417. The van der Waals surface area contributed by atoms with Crippen molar-refractivity contribution in [2.24, 2.45) is 0 Å². The maximum absolute atomic E-state index is 5.82. The van der Waals surface area contributed by atoms with Crippen molar-refractivity contribution in [2.75, 3.05) is 6.61 Å². The van der Waals surface area contributed by atoms with Crippen LogP contribution in [0.25, 0.3) is 0 Å². The van der Waals surface area contributed by atoms with Crippen molar-refractivity contribution in [3.05, 3.63) is 36.8 Å². The van der Waals surface area contributed by atoms with Crippen LogP contribution in [0.4, 0.5) is 0 Å². The molecule has 1 aromatic rings. The average molecular weight is 212 g/mol. The first-order valence-corrected chi connectivity index (χ1v) is 5.31. The molecule has 0 fully saturated rings. The molecule has 0 aromatic heterocycles. The van der Waals surface area contributed by atoms with E-state index < -0.39 is 0 Å². The summed E-state index contributed by atoms with van der Waals surface area (Å²) in [5, 5.41) is 0.230. The van der Waals surface area contributed by atoms with Crippen LogP contribution in [0.5, 0.6) is 5.75 Å². The van der Waals surface area contributed by atoms with Gasteiger partial charge in [0, 0.05) is 5.38 Å². The van der Waals surface area contributed by atoms with Crippen LogP contribution in [0.3, 0.4) is 0 Å². The lowest BCUT2D eigenvalue weighted by atomic mass is 10.2. The van der Waals surface area contributed by atoms with Gasteiger partial charge in [-0.15, -0.1) is 11.6 Å². The molecule has 0 heterocycles. The minimum Gasteiger partial charge on any atom is -0.493 e. The minimum atomic E-state index is 0.230. The standard InChI is InChI=1S/C12H16ClO/c1-10-6-3-4-8-12(10)14-9-5-7-11(2)13/h3-4,6,8,11H,1,5,7,9H2,2H3. The average Bonchev–Trinajstić information content (AvgIpc) is 2.15. The van der Waals surface area contributed by atoms with Crippen LogP contribution >= 0.6 is 11.6 Å². The molecule has 1 radical (unpaired) electrons. The first-order chi connectivity index (χ1) is 6.70. The van der Waals surface area contributed by atoms with E-state index in [0.717, 1.165) is 24.2 Å². The molecule has 0 saturated heterocycles. The summed E-state index contributed by atoms with van der Waals surface area (Å²) in [4.78, 5) is 0. The SMILES string of the molecule is [CH2]c1ccccc1OCCCC(C)Cl. The van der Waals surface area contributed by atoms with Gasteiger partial charge in [-0.2, -0.15) is 0 Å². The Morgan fingerprint density at radius 2 is 2.14 bits per heavy atom. The molecule has 1 atom stereocenters. The summed E-state index contributed by atoms with van der Waals surface area (Å²) in [5.74, 6) is 0.870. The number of ether oxygens (including phenoxy) is 1. The second-order valence-electron chi connectivity index (χ2n) is 3.38. The molecule has 2 heteroatoms. The Kier molecular flexibility index (Phi) is 4.81. The van der Waals surface area contributed by atoms with Crippen molar-refractivity contribution < 1.29 is 4.74 Å². The van der Waals surface area contributed by atoms with Gasteiger partial charge < -0.3 is 4.74 Å². The summed E-state index contributed by atoms with van der Waals surface area (Å²) in [5.41, 5.74) is 0.937. The molecule has 0 bridgehead atoms. The van der Waals surface area contributed by atoms with E-state index >= 15 is 0 Å². The Bertz CT molecular complexity index is 271. The van der Waals surface area contributed by atoms with Crippen molar-refractivity contribution in [3.63, 3.8) is 0 Å². The molecule has 1 aromatic carbocycles. The maximum Gasteiger partial charge on any atom is 0.122 e. The highest BCUT2D eigenvalue weighted by Gasteiger charge is 1.99. The zero-order valence-corrected chi connectivity index (χ0v) is 9.26. The topological polar surface area (TPSA) is 9.23 Å². The lowest BCUT2D eigenvalue weighted by Crippen LogP contribution is -2.01. The monoisotopic (exact) mass is 211 g/mol. The van der Waals surface area contributed by atoms with Gasteiger partial charge in [0.1, 0.15) is 5.75 Å². The highest BCUT2D eigenvalue weighted by Crippen LogP contribution is 2.16. The van der Waals surface area contributed by atoms with Gasteiger partial charge in [-0.1, -0.05) is 18.2 Å². The van der Waals surface area contributed by atoms with Crippen LogP contribution in [0, 0.1) is 6.92 Å². The number of benzene rings is 1. The van der Waals surface area contributed by atoms with Crippen LogP contribution in [0.1, 0.15) is 25.3 Å². The Labute approximate surface area is 91.0 Å². The number of rotatable bonds is 5. The van der Waals surface area contributed by atoms with Crippen molar-refractivity contribution in [1.82, 2.24) is 0 Å². The molecular weight excluding hydrogens is 196 g/mol. The molecule has 1 rings (SSSR count). The highest BCUT2D eigenvalue weighted by molar-refractivity contribution is 6.20. The van der Waals surface area contributed by atoms with Crippen LogP contribution in [-0.2, 0) is 0 Å². The van der Waals surface area contributed by atoms with Gasteiger partial charge in [-0.25, -0.2) is 0 Å². The van der Waals surface area contributed by atoms with Crippen molar-refractivity contribution in [1.29, 1.82) is 0 Å². The summed E-state index contributed by atoms with van der Waals surface area (Å²) in [6, 6.07) is 7.79. The third kappa shape index (κ3) is 4.01. The van der Waals surface area contributed by atoms with E-state index in [1.54, 1.807) is 0 Å². The van der Waals surface area contributed by atoms with Gasteiger partial charge in [0.05, 0.1) is 6.61 Å². The van der Waals surface area contributed by atoms with E-state index in [-0.39, 0.29) is 5.38 Å². The van der Waals surface area contributed by atoms with E-state index in [1.807, 2.05) is 31.2 Å². The number of halogens is 1. The van der Waals surface area contributed by atoms with E-state index in [2.05, 4.69) is 6.92 Å². The molecule has 0 amide bonds. The quantitative estimate of drug-likeness (QED) is 0.534. The van der Waals surface area contributed by atoms with Crippen LogP contribution in [0.2, 0.25) is 0 Å². The smallest absolute Gasteiger partial charge is 0.122 e. The van der Waals surface area contributed by atoms with Gasteiger partial charge in [-0.05, 0) is 38.3 Å². The van der Waals surface area contributed by atoms with Gasteiger partial charge in [0.25, 0.3) is 0 Å². The summed E-state index contributed by atoms with van der Waals surface area (Å²) < 4.78 is 5.57. The Morgan fingerprint density at radius 3 is 2.79 bits per heavy atom. The molecule has 1 nitrogen and oxygen atoms in total. The zero-order chi connectivity index (χ0) is 10.4. The van der Waals surface area contributed by atoms with Gasteiger partial charge in [0.15, 0.2) is 0 Å². The number of hydrogen-bond acceptors (Lipinski definition) is 1. The molecule has 0 aliphatic carbocycles. The van der Waals surface area contributed by atoms with E-state index in [1.165, 1.54) is 0 Å².